The summed E-state index contributed by atoms with van der Waals surface area (Å²) in [6.07, 6.45) is 5.03. The first-order chi connectivity index (χ1) is 15.6. The molecule has 1 unspecified atom stereocenters. The Labute approximate surface area is 188 Å². The summed E-state index contributed by atoms with van der Waals surface area (Å²) >= 11 is 0. The maximum atomic E-state index is 13.0. The molecule has 172 valence electrons. The molecule has 6 nitrogen and oxygen atoms in total. The zero-order valence-corrected chi connectivity index (χ0v) is 18.9. The summed E-state index contributed by atoms with van der Waals surface area (Å²) in [6.45, 7) is 2.17. The summed E-state index contributed by atoms with van der Waals surface area (Å²) in [4.78, 5) is 8.66. The molecule has 8 heteroatoms. The normalized spacial score (nSPS) is 12.1. The lowest BCUT2D eigenvalue weighted by Crippen LogP contribution is -2.16. The first-order valence-electron chi connectivity index (χ1n) is 10.7. The summed E-state index contributed by atoms with van der Waals surface area (Å²) < 4.78 is 39.8. The molecule has 1 heterocycles. The van der Waals surface area contributed by atoms with E-state index in [2.05, 4.69) is 9.84 Å². The minimum atomic E-state index is -2.85. The third-order valence-corrected chi connectivity index (χ3v) is 5.36. The molecular weight excluding hydrogens is 432 g/mol. The first kappa shape index (κ1) is 24.2. The summed E-state index contributed by atoms with van der Waals surface area (Å²) in [5.41, 5.74) is 3.10. The molecule has 3 aromatic rings. The van der Waals surface area contributed by atoms with Gasteiger partial charge in [-0.2, -0.15) is 0 Å². The van der Waals surface area contributed by atoms with E-state index >= 15 is 0 Å². The van der Waals surface area contributed by atoms with Crippen LogP contribution in [0, 0.1) is 5.82 Å². The van der Waals surface area contributed by atoms with E-state index in [1.165, 1.54) is 12.1 Å². The van der Waals surface area contributed by atoms with E-state index in [0.29, 0.717) is 26.1 Å². The van der Waals surface area contributed by atoms with Crippen LogP contribution < -0.4 is 10.1 Å². The molecule has 0 radical (unpaired) electrons. The highest BCUT2D eigenvalue weighted by Gasteiger charge is 2.10. The third-order valence-electron chi connectivity index (χ3n) is 4.91. The molecule has 1 aromatic heterocycles. The second-order valence-corrected chi connectivity index (χ2v) is 8.21. The number of benzene rings is 2. The van der Waals surface area contributed by atoms with Gasteiger partial charge in [0, 0.05) is 6.54 Å². The van der Waals surface area contributed by atoms with Crippen LogP contribution in [-0.4, -0.2) is 24.7 Å². The Morgan fingerprint density at radius 2 is 1.81 bits per heavy atom. The van der Waals surface area contributed by atoms with Gasteiger partial charge in [0.05, 0.1) is 25.0 Å². The van der Waals surface area contributed by atoms with E-state index in [-0.39, 0.29) is 12.4 Å². The predicted molar refractivity (Wildman–Crippen MR) is 122 cm³/mol. The Bertz CT molecular complexity index is 963. The lowest BCUT2D eigenvalue weighted by Gasteiger charge is -2.13. The van der Waals surface area contributed by atoms with Gasteiger partial charge in [-0.1, -0.05) is 18.2 Å². The molecule has 0 fully saturated rings. The largest absolute Gasteiger partial charge is 0.493 e. The van der Waals surface area contributed by atoms with Gasteiger partial charge in [-0.15, -0.1) is 0 Å². The molecule has 2 N–H and O–H groups in total. The highest BCUT2D eigenvalue weighted by Crippen LogP contribution is 2.31. The van der Waals surface area contributed by atoms with Crippen molar-refractivity contribution in [2.45, 2.75) is 32.2 Å². The standard InChI is InChI=1S/C24H29FNO5P/c25-21-10-7-19(8-11-21)5-1-2-14-29-24-12-9-20(17-22(24)23-6-3-15-30-23)18-26-13-4-16-31-32(27)28/h3,6-12,15,17,26,32H,1-2,4-5,13-14,16,18H2,(H,27,28). The number of nitrogens with one attached hydrogen (secondary N) is 1. The lowest BCUT2D eigenvalue weighted by molar-refractivity contribution is 0.276. The van der Waals surface area contributed by atoms with Crippen molar-refractivity contribution in [1.29, 1.82) is 0 Å². The molecular formula is C24H29FNO5P. The Morgan fingerprint density at radius 1 is 1.00 bits per heavy atom. The van der Waals surface area contributed by atoms with E-state index in [0.717, 1.165) is 47.5 Å². The van der Waals surface area contributed by atoms with E-state index in [4.69, 9.17) is 14.0 Å². The minimum Gasteiger partial charge on any atom is -0.493 e. The van der Waals surface area contributed by atoms with Gasteiger partial charge in [0.25, 0.3) is 0 Å². The minimum absolute atomic E-state index is 0.213. The van der Waals surface area contributed by atoms with Crippen molar-refractivity contribution in [3.63, 3.8) is 0 Å². The molecule has 0 bridgehead atoms. The fourth-order valence-electron chi connectivity index (χ4n) is 3.29. The van der Waals surface area contributed by atoms with Gasteiger partial charge in [-0.05, 0) is 79.8 Å². The monoisotopic (exact) mass is 461 g/mol. The first-order valence-corrected chi connectivity index (χ1v) is 12.0. The zero-order valence-electron chi connectivity index (χ0n) is 17.9. The number of halogens is 1. The maximum absolute atomic E-state index is 13.0. The van der Waals surface area contributed by atoms with Gasteiger partial charge in [-0.25, -0.2) is 4.39 Å². The van der Waals surface area contributed by atoms with Gasteiger partial charge < -0.3 is 23.9 Å². The van der Waals surface area contributed by atoms with Crippen LogP contribution >= 0.6 is 8.25 Å². The van der Waals surface area contributed by atoms with E-state index < -0.39 is 8.25 Å². The van der Waals surface area contributed by atoms with Crippen molar-refractivity contribution in [3.8, 4) is 17.1 Å². The number of aryl methyl sites for hydroxylation is 1. The van der Waals surface area contributed by atoms with Crippen LogP contribution in [-0.2, 0) is 22.1 Å². The molecule has 2 aromatic carbocycles. The molecule has 0 saturated heterocycles. The smallest absolute Gasteiger partial charge is 0.316 e. The molecule has 0 aliphatic carbocycles. The van der Waals surface area contributed by atoms with Crippen molar-refractivity contribution in [1.82, 2.24) is 5.32 Å². The van der Waals surface area contributed by atoms with Crippen LogP contribution in [0.25, 0.3) is 11.3 Å². The fraction of sp³-hybridized carbons (Fsp3) is 0.333. The van der Waals surface area contributed by atoms with Crippen LogP contribution in [0.1, 0.15) is 30.4 Å². The number of furan rings is 1. The number of unbranched alkanes of at least 4 members (excludes halogenated alkanes) is 1. The molecule has 0 spiro atoms. The topological polar surface area (TPSA) is 80.9 Å². The third kappa shape index (κ3) is 8.24. The molecule has 32 heavy (non-hydrogen) atoms. The second kappa shape index (κ2) is 13.2. The fourth-order valence-corrected chi connectivity index (χ4v) is 3.61. The van der Waals surface area contributed by atoms with Gasteiger partial charge in [-0.3, -0.25) is 4.57 Å². The van der Waals surface area contributed by atoms with Crippen molar-refractivity contribution in [3.05, 3.63) is 77.8 Å². The Balaban J connectivity index is 1.49. The van der Waals surface area contributed by atoms with Crippen molar-refractivity contribution in [2.75, 3.05) is 19.8 Å². The summed E-state index contributed by atoms with van der Waals surface area (Å²) in [5.74, 6) is 1.30. The quantitative estimate of drug-likeness (QED) is 0.248. The Kier molecular flexibility index (Phi) is 9.98. The van der Waals surface area contributed by atoms with Crippen LogP contribution in [0.5, 0.6) is 5.75 Å². The Morgan fingerprint density at radius 3 is 2.56 bits per heavy atom. The van der Waals surface area contributed by atoms with Crippen LogP contribution in [0.3, 0.4) is 0 Å². The summed E-state index contributed by atoms with van der Waals surface area (Å²) in [6, 6.07) is 16.4. The number of rotatable bonds is 14. The van der Waals surface area contributed by atoms with Crippen molar-refractivity contribution >= 4 is 8.25 Å². The summed E-state index contributed by atoms with van der Waals surface area (Å²) in [5, 5.41) is 3.30. The number of hydrogen-bond acceptors (Lipinski definition) is 5. The zero-order chi connectivity index (χ0) is 22.6. The molecule has 3 rings (SSSR count). The number of ether oxygens (including phenoxy) is 1. The van der Waals surface area contributed by atoms with Gasteiger partial charge in [0.2, 0.25) is 0 Å². The molecule has 0 amide bonds. The van der Waals surface area contributed by atoms with Gasteiger partial charge in [0.1, 0.15) is 17.3 Å². The van der Waals surface area contributed by atoms with E-state index in [1.54, 1.807) is 6.26 Å². The van der Waals surface area contributed by atoms with Crippen LogP contribution in [0.4, 0.5) is 4.39 Å². The highest BCUT2D eigenvalue weighted by molar-refractivity contribution is 7.32. The van der Waals surface area contributed by atoms with Crippen LogP contribution in [0.15, 0.2) is 65.3 Å². The van der Waals surface area contributed by atoms with Gasteiger partial charge >= 0.3 is 8.25 Å². The average molecular weight is 461 g/mol. The van der Waals surface area contributed by atoms with Gasteiger partial charge in [0.15, 0.2) is 0 Å². The maximum Gasteiger partial charge on any atom is 0.316 e. The molecule has 0 saturated carbocycles. The molecule has 1 atom stereocenters. The second-order valence-electron chi connectivity index (χ2n) is 7.38. The van der Waals surface area contributed by atoms with Crippen LogP contribution in [0.2, 0.25) is 0 Å². The van der Waals surface area contributed by atoms with Crippen molar-refractivity contribution in [2.24, 2.45) is 0 Å². The van der Waals surface area contributed by atoms with E-state index in [1.807, 2.05) is 42.5 Å². The Hall–Kier alpha value is -2.44. The SMILES string of the molecule is O=[PH](O)OCCCNCc1ccc(OCCCCc2ccc(F)cc2)c(-c2ccco2)c1. The average Bonchev–Trinajstić information content (AvgIpc) is 3.32. The van der Waals surface area contributed by atoms with E-state index in [9.17, 15) is 8.96 Å². The lowest BCUT2D eigenvalue weighted by atomic mass is 10.1. The highest BCUT2D eigenvalue weighted by atomic mass is 31.1. The summed E-state index contributed by atoms with van der Waals surface area (Å²) in [7, 11) is -2.85. The molecule has 0 aliphatic rings. The predicted octanol–water partition coefficient (Wildman–Crippen LogP) is 5.37. The van der Waals surface area contributed by atoms with Crippen molar-refractivity contribution < 1.29 is 27.5 Å². The molecule has 0 aliphatic heterocycles. The number of hydrogen-bond donors (Lipinski definition) is 2.